The number of piperidine rings is 2. The Morgan fingerprint density at radius 2 is 1.47 bits per heavy atom. The summed E-state index contributed by atoms with van der Waals surface area (Å²) in [5, 5.41) is 22.1. The number of benzene rings is 1. The molecule has 9 heteroatoms. The van der Waals surface area contributed by atoms with Gasteiger partial charge in [0.15, 0.2) is 11.5 Å². The molecule has 2 saturated heterocycles. The zero-order chi connectivity index (χ0) is 32.1. The Labute approximate surface area is 267 Å². The van der Waals surface area contributed by atoms with E-state index in [9.17, 15) is 10.2 Å². The van der Waals surface area contributed by atoms with E-state index >= 15 is 0 Å². The van der Waals surface area contributed by atoms with E-state index in [0.29, 0.717) is 52.9 Å². The van der Waals surface area contributed by atoms with Gasteiger partial charge in [-0.05, 0) is 68.9 Å². The Morgan fingerprint density at radius 1 is 0.867 bits per heavy atom. The van der Waals surface area contributed by atoms with E-state index in [1.165, 1.54) is 6.42 Å². The van der Waals surface area contributed by atoms with Crippen LogP contribution in [0.2, 0.25) is 0 Å². The summed E-state index contributed by atoms with van der Waals surface area (Å²) in [5.74, 6) is 3.51. The van der Waals surface area contributed by atoms with Crippen molar-refractivity contribution in [1.29, 1.82) is 0 Å². The summed E-state index contributed by atoms with van der Waals surface area (Å²) >= 11 is 0. The second-order valence-electron chi connectivity index (χ2n) is 15.0. The first kappa shape index (κ1) is 31.5. The maximum absolute atomic E-state index is 11.5. The summed E-state index contributed by atoms with van der Waals surface area (Å²) < 4.78 is 0. The van der Waals surface area contributed by atoms with Crippen LogP contribution in [-0.2, 0) is 5.54 Å². The lowest BCUT2D eigenvalue weighted by molar-refractivity contribution is 0.0820. The largest absolute Gasteiger partial charge is 0.390 e. The number of aliphatic hydroxyl groups excluding tert-OH is 1. The van der Waals surface area contributed by atoms with E-state index < -0.39 is 17.2 Å². The standard InChI is InChI=1S/C36H49N7O2/c1-22-13-23(2)19-42(18-22)33-29(28-11-9-8-10-12-28)38-30-31(36(26(5)44)16-27(17-37-36)15-35(6,7)45)39-34(41-32(30)40-33)43-20-24(3)14-25(4)21-43/h8-12,16-17,22-26,44-45H,13-15,18-21H2,1-7H3. The maximum atomic E-state index is 11.5. The van der Waals surface area contributed by atoms with E-state index in [-0.39, 0.29) is 0 Å². The molecule has 0 saturated carbocycles. The number of nitrogens with zero attached hydrogens (tertiary/aromatic N) is 7. The van der Waals surface area contributed by atoms with Crippen LogP contribution in [0.1, 0.15) is 73.4 Å². The molecule has 45 heavy (non-hydrogen) atoms. The van der Waals surface area contributed by atoms with Gasteiger partial charge >= 0.3 is 0 Å². The molecule has 0 spiro atoms. The van der Waals surface area contributed by atoms with Gasteiger partial charge in [-0.25, -0.2) is 15.0 Å². The molecule has 0 bridgehead atoms. The van der Waals surface area contributed by atoms with Gasteiger partial charge in [-0.15, -0.1) is 0 Å². The summed E-state index contributed by atoms with van der Waals surface area (Å²) in [5.41, 5.74) is 2.08. The molecule has 2 aromatic heterocycles. The molecule has 0 amide bonds. The van der Waals surface area contributed by atoms with Crippen molar-refractivity contribution < 1.29 is 10.2 Å². The molecule has 9 nitrogen and oxygen atoms in total. The lowest BCUT2D eigenvalue weighted by Crippen LogP contribution is -2.41. The van der Waals surface area contributed by atoms with Crippen molar-refractivity contribution in [1.82, 2.24) is 19.9 Å². The van der Waals surface area contributed by atoms with Crippen LogP contribution in [0.5, 0.6) is 0 Å². The normalized spacial score (nSPS) is 28.1. The van der Waals surface area contributed by atoms with E-state index in [0.717, 1.165) is 55.2 Å². The molecule has 2 N–H and O–H groups in total. The van der Waals surface area contributed by atoms with Crippen LogP contribution >= 0.6 is 0 Å². The van der Waals surface area contributed by atoms with E-state index in [4.69, 9.17) is 24.9 Å². The molecular weight excluding hydrogens is 562 g/mol. The number of hydrogen-bond donors (Lipinski definition) is 2. The van der Waals surface area contributed by atoms with Crippen molar-refractivity contribution in [3.05, 3.63) is 47.7 Å². The number of anilines is 2. The highest BCUT2D eigenvalue weighted by atomic mass is 16.3. The number of aliphatic hydroxyl groups is 2. The summed E-state index contributed by atoms with van der Waals surface area (Å²) in [6.45, 7) is 18.0. The Bertz CT molecular complexity index is 1580. The van der Waals surface area contributed by atoms with Gasteiger partial charge < -0.3 is 20.0 Å². The minimum Gasteiger partial charge on any atom is -0.390 e. The minimum atomic E-state index is -1.19. The molecule has 3 aliphatic heterocycles. The second kappa shape index (κ2) is 12.1. The summed E-state index contributed by atoms with van der Waals surface area (Å²) in [6, 6.07) is 10.2. The third-order valence-corrected chi connectivity index (χ3v) is 9.37. The number of aromatic nitrogens is 4. The highest BCUT2D eigenvalue weighted by Gasteiger charge is 2.43. The molecule has 3 aliphatic rings. The molecule has 3 aromatic rings. The highest BCUT2D eigenvalue weighted by Crippen LogP contribution is 2.42. The van der Waals surface area contributed by atoms with Crippen LogP contribution in [0.15, 0.2) is 47.0 Å². The Hall–Kier alpha value is -3.43. The van der Waals surface area contributed by atoms with Crippen LogP contribution in [0, 0.1) is 23.7 Å². The molecule has 0 radical (unpaired) electrons. The van der Waals surface area contributed by atoms with Gasteiger partial charge in [-0.2, -0.15) is 4.98 Å². The third-order valence-electron chi connectivity index (χ3n) is 9.37. The Balaban J connectivity index is 1.62. The van der Waals surface area contributed by atoms with Crippen LogP contribution in [0.3, 0.4) is 0 Å². The number of fused-ring (bicyclic) bond motifs is 1. The average molecular weight is 612 g/mol. The van der Waals surface area contributed by atoms with Gasteiger partial charge in [0.25, 0.3) is 0 Å². The van der Waals surface area contributed by atoms with E-state index in [1.54, 1.807) is 27.0 Å². The fourth-order valence-corrected chi connectivity index (χ4v) is 7.72. The highest BCUT2D eigenvalue weighted by molar-refractivity contribution is 5.88. The molecule has 5 heterocycles. The molecule has 2 fully saturated rings. The first-order chi connectivity index (χ1) is 21.3. The number of aliphatic imine (C=N–C) groups is 1. The Kier molecular flexibility index (Phi) is 8.46. The fourth-order valence-electron chi connectivity index (χ4n) is 7.72. The van der Waals surface area contributed by atoms with Crippen LogP contribution < -0.4 is 9.80 Å². The van der Waals surface area contributed by atoms with Crippen molar-refractivity contribution in [3.63, 3.8) is 0 Å². The molecule has 1 aromatic carbocycles. The van der Waals surface area contributed by atoms with Crippen LogP contribution in [0.25, 0.3) is 22.4 Å². The summed E-state index contributed by atoms with van der Waals surface area (Å²) in [4.78, 5) is 30.6. The van der Waals surface area contributed by atoms with E-state index in [1.807, 2.05) is 24.3 Å². The first-order valence-corrected chi connectivity index (χ1v) is 16.6. The SMILES string of the molecule is CC1CC(C)CN(c2nc(C3(C(C)O)C=C(CC(C)(C)O)C=N3)c3nc(-c4ccccc4)c(N4CC(C)CC(C)C4)nc3n2)C1. The minimum absolute atomic E-state index is 0.401. The first-order valence-electron chi connectivity index (χ1n) is 16.6. The predicted molar refractivity (Wildman–Crippen MR) is 182 cm³/mol. The van der Waals surface area contributed by atoms with Crippen molar-refractivity contribution >= 4 is 29.1 Å². The van der Waals surface area contributed by atoms with Gasteiger partial charge in [0.05, 0.1) is 11.7 Å². The summed E-state index contributed by atoms with van der Waals surface area (Å²) in [7, 11) is 0. The van der Waals surface area contributed by atoms with Crippen molar-refractivity contribution in [3.8, 4) is 11.3 Å². The maximum Gasteiger partial charge on any atom is 0.227 e. The predicted octanol–water partition coefficient (Wildman–Crippen LogP) is 5.80. The number of rotatable bonds is 7. The lowest BCUT2D eigenvalue weighted by atomic mass is 9.87. The van der Waals surface area contributed by atoms with Gasteiger partial charge in [0.1, 0.15) is 22.4 Å². The van der Waals surface area contributed by atoms with Crippen LogP contribution in [0.4, 0.5) is 11.8 Å². The average Bonchev–Trinajstić information content (AvgIpc) is 3.39. The van der Waals surface area contributed by atoms with Crippen LogP contribution in [-0.4, -0.2) is 74.2 Å². The Morgan fingerprint density at radius 3 is 2.04 bits per heavy atom. The van der Waals surface area contributed by atoms with E-state index in [2.05, 4.69) is 49.6 Å². The molecule has 6 unspecified atom stereocenters. The van der Waals surface area contributed by atoms with Crippen molar-refractivity contribution in [2.45, 2.75) is 85.0 Å². The molecule has 240 valence electrons. The molecule has 6 rings (SSSR count). The van der Waals surface area contributed by atoms with Gasteiger partial charge in [0.2, 0.25) is 5.95 Å². The molecule has 0 aliphatic carbocycles. The summed E-state index contributed by atoms with van der Waals surface area (Å²) in [6.07, 6.45) is 5.56. The topological polar surface area (TPSA) is 111 Å². The zero-order valence-electron chi connectivity index (χ0n) is 27.9. The van der Waals surface area contributed by atoms with Crippen molar-refractivity contribution in [2.75, 3.05) is 36.0 Å². The molecular formula is C36H49N7O2. The van der Waals surface area contributed by atoms with Crippen molar-refractivity contribution in [2.24, 2.45) is 28.7 Å². The zero-order valence-corrected chi connectivity index (χ0v) is 27.9. The third kappa shape index (κ3) is 6.47. The monoisotopic (exact) mass is 611 g/mol. The van der Waals surface area contributed by atoms with Gasteiger partial charge in [-0.1, -0.05) is 58.0 Å². The van der Waals surface area contributed by atoms with Gasteiger partial charge in [-0.3, -0.25) is 4.99 Å². The fraction of sp³-hybridized carbons (Fsp3) is 0.583. The number of hydrogen-bond acceptors (Lipinski definition) is 9. The second-order valence-corrected chi connectivity index (χ2v) is 15.0. The quantitative estimate of drug-likeness (QED) is 0.345. The van der Waals surface area contributed by atoms with Gasteiger partial charge in [0, 0.05) is 44.4 Å². The molecule has 6 atom stereocenters. The lowest BCUT2D eigenvalue weighted by Gasteiger charge is -2.37. The smallest absolute Gasteiger partial charge is 0.227 e.